The smallest absolute Gasteiger partial charge is 0.159 e. The molecule has 4 rings (SSSR count). The Bertz CT molecular complexity index is 754. The van der Waals surface area contributed by atoms with Crippen LogP contribution in [-0.4, -0.2) is 17.0 Å². The number of fused-ring (bicyclic) bond motifs is 5. The van der Waals surface area contributed by atoms with Crippen LogP contribution in [0.4, 0.5) is 0 Å². The average molecular weight is 430 g/mol. The van der Waals surface area contributed by atoms with Gasteiger partial charge in [0.05, 0.1) is 7.45 Å². The number of aliphatic hydroxyl groups is 1. The van der Waals surface area contributed by atoms with Gasteiger partial charge < -0.3 is 5.11 Å². The van der Waals surface area contributed by atoms with Crippen LogP contribution in [0.15, 0.2) is 11.6 Å². The standard InChI is InChI=1S/C29H48O2/c1-7-20(18(2)3)9-8-19(4)23-10-11-24-27-25(13-15-29(23,24)6)28(5)14-12-22(30)16-21(28)17-26(27)31/h17-20,22-25,27,30H,7-16H2,1-6H3/t19-,20-,22+,23-,24+,25+,27+,28+,29-/m1/s1/i22D. The summed E-state index contributed by atoms with van der Waals surface area (Å²) in [5.74, 6) is 4.49. The second-order valence-electron chi connectivity index (χ2n) is 12.7. The van der Waals surface area contributed by atoms with Crippen LogP contribution < -0.4 is 0 Å². The maximum Gasteiger partial charge on any atom is 0.159 e. The molecule has 0 bridgehead atoms. The molecule has 0 radical (unpaired) electrons. The maximum atomic E-state index is 13.5. The molecule has 0 aromatic rings. The lowest BCUT2D eigenvalue weighted by molar-refractivity contribution is -0.135. The van der Waals surface area contributed by atoms with E-state index in [2.05, 4.69) is 41.5 Å². The van der Waals surface area contributed by atoms with E-state index in [9.17, 15) is 9.90 Å². The summed E-state index contributed by atoms with van der Waals surface area (Å²) in [6.07, 6.45) is 11.1. The minimum Gasteiger partial charge on any atom is -0.393 e. The molecule has 0 aromatic carbocycles. The van der Waals surface area contributed by atoms with Crippen molar-refractivity contribution in [2.24, 2.45) is 52.3 Å². The lowest BCUT2D eigenvalue weighted by atomic mass is 9.46. The average Bonchev–Trinajstić information content (AvgIpc) is 3.06. The molecular weight excluding hydrogens is 380 g/mol. The highest BCUT2D eigenvalue weighted by Crippen LogP contribution is 2.66. The first-order valence-electron chi connectivity index (χ1n) is 13.9. The molecule has 0 aromatic heterocycles. The van der Waals surface area contributed by atoms with Crippen LogP contribution in [0.5, 0.6) is 0 Å². The van der Waals surface area contributed by atoms with Gasteiger partial charge in [0.1, 0.15) is 0 Å². The summed E-state index contributed by atoms with van der Waals surface area (Å²) in [6, 6.07) is 0. The summed E-state index contributed by atoms with van der Waals surface area (Å²) in [6.45, 7) is 14.4. The van der Waals surface area contributed by atoms with E-state index in [0.717, 1.165) is 42.1 Å². The Morgan fingerprint density at radius 3 is 2.52 bits per heavy atom. The molecule has 0 spiro atoms. The highest BCUT2D eigenvalue weighted by Gasteiger charge is 2.61. The SMILES string of the molecule is [2H][C@]1(O)CC[C@@]2(C)C(=CC(=O)[C@H]3[C@@H]4CC[C@H]([C@H](C)CC[C@@H](CC)C(C)C)[C@@]4(C)CC[C@@H]32)C1. The van der Waals surface area contributed by atoms with Crippen LogP contribution in [0, 0.1) is 52.3 Å². The molecule has 0 amide bonds. The first-order chi connectivity index (χ1) is 14.9. The Morgan fingerprint density at radius 2 is 1.84 bits per heavy atom. The van der Waals surface area contributed by atoms with Crippen molar-refractivity contribution in [3.05, 3.63) is 11.6 Å². The van der Waals surface area contributed by atoms with Gasteiger partial charge in [-0.2, -0.15) is 0 Å². The van der Waals surface area contributed by atoms with Crippen molar-refractivity contribution in [2.75, 3.05) is 0 Å². The van der Waals surface area contributed by atoms with Crippen molar-refractivity contribution >= 4 is 5.78 Å². The topological polar surface area (TPSA) is 37.3 Å². The zero-order valence-electron chi connectivity index (χ0n) is 22.0. The van der Waals surface area contributed by atoms with Gasteiger partial charge in [-0.3, -0.25) is 4.79 Å². The molecule has 0 heterocycles. The Morgan fingerprint density at radius 1 is 1.10 bits per heavy atom. The molecule has 1 N–H and O–H groups in total. The van der Waals surface area contributed by atoms with Gasteiger partial charge >= 0.3 is 0 Å². The van der Waals surface area contributed by atoms with Crippen LogP contribution in [0.3, 0.4) is 0 Å². The van der Waals surface area contributed by atoms with Crippen molar-refractivity contribution in [1.29, 1.82) is 0 Å². The van der Waals surface area contributed by atoms with Gasteiger partial charge in [0.25, 0.3) is 0 Å². The lowest BCUT2D eigenvalue weighted by Crippen LogP contribution is -2.53. The van der Waals surface area contributed by atoms with Crippen molar-refractivity contribution in [2.45, 2.75) is 112 Å². The third kappa shape index (κ3) is 3.87. The van der Waals surface area contributed by atoms with Crippen molar-refractivity contribution in [3.63, 3.8) is 0 Å². The van der Waals surface area contributed by atoms with E-state index in [1.807, 2.05) is 6.08 Å². The van der Waals surface area contributed by atoms with Gasteiger partial charge in [-0.25, -0.2) is 0 Å². The van der Waals surface area contributed by atoms with Crippen LogP contribution >= 0.6 is 0 Å². The van der Waals surface area contributed by atoms with Crippen molar-refractivity contribution < 1.29 is 11.3 Å². The Hall–Kier alpha value is -0.630. The van der Waals surface area contributed by atoms with E-state index in [1.165, 1.54) is 38.5 Å². The Labute approximate surface area is 193 Å². The molecule has 3 fully saturated rings. The number of carbonyl (C=O) groups excluding carboxylic acids is 1. The van der Waals surface area contributed by atoms with E-state index in [1.54, 1.807) is 0 Å². The number of rotatable bonds is 6. The molecule has 4 aliphatic carbocycles. The summed E-state index contributed by atoms with van der Waals surface area (Å²) in [4.78, 5) is 13.5. The van der Waals surface area contributed by atoms with Crippen molar-refractivity contribution in [1.82, 2.24) is 0 Å². The number of allylic oxidation sites excluding steroid dienone is 1. The number of hydrogen-bond acceptors (Lipinski definition) is 2. The third-order valence-corrected chi connectivity index (χ3v) is 11.0. The van der Waals surface area contributed by atoms with Crippen LogP contribution in [0.2, 0.25) is 0 Å². The maximum absolute atomic E-state index is 13.5. The van der Waals surface area contributed by atoms with E-state index >= 15 is 0 Å². The molecule has 0 unspecified atom stereocenters. The minimum absolute atomic E-state index is 0.00248. The molecule has 4 aliphatic rings. The second kappa shape index (κ2) is 8.62. The first kappa shape index (κ1) is 22.2. The summed E-state index contributed by atoms with van der Waals surface area (Å²) < 4.78 is 8.17. The van der Waals surface area contributed by atoms with Gasteiger partial charge in [-0.05, 0) is 104 Å². The summed E-state index contributed by atoms with van der Waals surface area (Å²) in [5.41, 5.74) is 1.36. The normalized spacial score (nSPS) is 47.2. The van der Waals surface area contributed by atoms with Gasteiger partial charge in [-0.15, -0.1) is 0 Å². The summed E-state index contributed by atoms with van der Waals surface area (Å²) in [7, 11) is 0. The molecule has 2 heteroatoms. The predicted molar refractivity (Wildman–Crippen MR) is 129 cm³/mol. The number of ketones is 1. The first-order valence-corrected chi connectivity index (χ1v) is 13.4. The van der Waals surface area contributed by atoms with Crippen LogP contribution in [0.25, 0.3) is 0 Å². The second-order valence-corrected chi connectivity index (χ2v) is 12.7. The number of hydrogen-bond donors (Lipinski definition) is 1. The van der Waals surface area contributed by atoms with Gasteiger partial charge in [0, 0.05) is 5.92 Å². The van der Waals surface area contributed by atoms with E-state index in [0.29, 0.717) is 35.9 Å². The third-order valence-electron chi connectivity index (χ3n) is 11.0. The summed E-state index contributed by atoms with van der Waals surface area (Å²) >= 11 is 0. The largest absolute Gasteiger partial charge is 0.393 e. The molecule has 31 heavy (non-hydrogen) atoms. The zero-order chi connectivity index (χ0) is 23.5. The zero-order valence-corrected chi connectivity index (χ0v) is 21.0. The molecule has 176 valence electrons. The fraction of sp³-hybridized carbons (Fsp3) is 0.897. The van der Waals surface area contributed by atoms with Gasteiger partial charge in [0.2, 0.25) is 0 Å². The molecule has 0 saturated heterocycles. The molecule has 9 atom stereocenters. The fourth-order valence-electron chi connectivity index (χ4n) is 8.90. The molecule has 0 aliphatic heterocycles. The van der Waals surface area contributed by atoms with Crippen molar-refractivity contribution in [3.8, 4) is 0 Å². The molecular formula is C29H48O2. The fourth-order valence-corrected chi connectivity index (χ4v) is 8.90. The van der Waals surface area contributed by atoms with E-state index < -0.39 is 6.08 Å². The highest BCUT2D eigenvalue weighted by atomic mass is 16.3. The van der Waals surface area contributed by atoms with Crippen LogP contribution in [0.1, 0.15) is 107 Å². The highest BCUT2D eigenvalue weighted by molar-refractivity contribution is 5.94. The monoisotopic (exact) mass is 429 g/mol. The quantitative estimate of drug-likeness (QED) is 0.484. The summed E-state index contributed by atoms with van der Waals surface area (Å²) in [5, 5.41) is 10.4. The Balaban J connectivity index is 1.53. The van der Waals surface area contributed by atoms with E-state index in [4.69, 9.17) is 1.37 Å². The van der Waals surface area contributed by atoms with Gasteiger partial charge in [0.15, 0.2) is 5.78 Å². The Kier molecular flexibility index (Phi) is 6.17. The van der Waals surface area contributed by atoms with Gasteiger partial charge in [-0.1, -0.05) is 60.0 Å². The number of carbonyl (C=O) groups is 1. The van der Waals surface area contributed by atoms with E-state index in [-0.39, 0.29) is 11.3 Å². The minimum atomic E-state index is -1.39. The predicted octanol–water partition coefficient (Wildman–Crippen LogP) is 7.20. The van der Waals surface area contributed by atoms with Crippen LogP contribution in [-0.2, 0) is 4.79 Å². The molecule has 2 nitrogen and oxygen atoms in total. The molecule has 3 saturated carbocycles. The lowest BCUT2D eigenvalue weighted by Gasteiger charge is -2.57.